The van der Waals surface area contributed by atoms with Gasteiger partial charge in [0.05, 0.1) is 17.8 Å². The van der Waals surface area contributed by atoms with E-state index in [4.69, 9.17) is 0 Å². The third-order valence-electron chi connectivity index (χ3n) is 4.87. The zero-order valence-corrected chi connectivity index (χ0v) is 14.1. The van der Waals surface area contributed by atoms with Gasteiger partial charge in [0, 0.05) is 11.7 Å². The number of allylic oxidation sites excluding steroid dienone is 1. The summed E-state index contributed by atoms with van der Waals surface area (Å²) >= 11 is 0. The molecule has 1 aliphatic carbocycles. The normalized spacial score (nSPS) is 29.1. The Hall–Kier alpha value is -2.43. The van der Waals surface area contributed by atoms with E-state index >= 15 is 0 Å². The van der Waals surface area contributed by atoms with Crippen LogP contribution < -0.4 is 5.32 Å². The maximum atomic E-state index is 12.8. The van der Waals surface area contributed by atoms with E-state index < -0.39 is 17.8 Å². The summed E-state index contributed by atoms with van der Waals surface area (Å²) in [6, 6.07) is 8.97. The molecule has 0 unspecified atom stereocenters. The number of hydrogen-bond donors (Lipinski definition) is 1. The monoisotopic (exact) mass is 326 g/mol. The molecule has 0 bridgehead atoms. The van der Waals surface area contributed by atoms with Crippen LogP contribution in [-0.4, -0.2) is 28.7 Å². The highest BCUT2D eigenvalue weighted by molar-refractivity contribution is 6.09. The fourth-order valence-corrected chi connectivity index (χ4v) is 3.72. The fraction of sp³-hybridized carbons (Fsp3) is 0.421. The first-order chi connectivity index (χ1) is 11.4. The molecule has 0 saturated carbocycles. The molecule has 1 fully saturated rings. The number of carbonyl (C=O) groups is 3. The number of benzene rings is 1. The Bertz CT molecular complexity index is 696. The zero-order valence-electron chi connectivity index (χ0n) is 14.1. The second kappa shape index (κ2) is 6.23. The van der Waals surface area contributed by atoms with Crippen molar-refractivity contribution in [2.45, 2.75) is 26.8 Å². The Morgan fingerprint density at radius 2 is 1.75 bits per heavy atom. The molecule has 1 aromatic carbocycles. The smallest absolute Gasteiger partial charge is 0.237 e. The molecule has 5 nitrogen and oxygen atoms in total. The summed E-state index contributed by atoms with van der Waals surface area (Å²) in [4.78, 5) is 39.5. The van der Waals surface area contributed by atoms with Crippen LogP contribution in [0.1, 0.15) is 20.8 Å². The van der Waals surface area contributed by atoms with Crippen molar-refractivity contribution in [2.24, 2.45) is 23.7 Å². The van der Waals surface area contributed by atoms with E-state index in [1.807, 2.05) is 45.0 Å². The van der Waals surface area contributed by atoms with Crippen molar-refractivity contribution in [1.82, 2.24) is 4.90 Å². The van der Waals surface area contributed by atoms with E-state index in [2.05, 4.69) is 5.32 Å². The Labute approximate surface area is 141 Å². The molecule has 0 spiro atoms. The molecule has 2 aliphatic rings. The lowest BCUT2D eigenvalue weighted by Crippen LogP contribution is -2.42. The van der Waals surface area contributed by atoms with Crippen molar-refractivity contribution in [1.29, 1.82) is 0 Å². The van der Waals surface area contributed by atoms with E-state index in [1.165, 1.54) is 4.90 Å². The molecule has 126 valence electrons. The minimum atomic E-state index is -0.608. The molecule has 24 heavy (non-hydrogen) atoms. The lowest BCUT2D eigenvalue weighted by Gasteiger charge is -2.30. The number of fused-ring (bicyclic) bond motifs is 1. The van der Waals surface area contributed by atoms with Gasteiger partial charge in [-0.05, 0) is 31.9 Å². The van der Waals surface area contributed by atoms with Crippen LogP contribution in [0, 0.1) is 23.7 Å². The van der Waals surface area contributed by atoms with Crippen molar-refractivity contribution < 1.29 is 14.4 Å². The number of anilines is 1. The molecule has 1 aliphatic heterocycles. The van der Waals surface area contributed by atoms with Crippen molar-refractivity contribution in [2.75, 3.05) is 5.32 Å². The average Bonchev–Trinajstić information content (AvgIpc) is 2.79. The van der Waals surface area contributed by atoms with Gasteiger partial charge in [-0.2, -0.15) is 0 Å². The van der Waals surface area contributed by atoms with Crippen LogP contribution in [0.15, 0.2) is 42.5 Å². The van der Waals surface area contributed by atoms with Crippen molar-refractivity contribution >= 4 is 23.4 Å². The van der Waals surface area contributed by atoms with Gasteiger partial charge in [0.1, 0.15) is 0 Å². The third-order valence-corrected chi connectivity index (χ3v) is 4.87. The Kier molecular flexibility index (Phi) is 4.26. The minimum Gasteiger partial charge on any atom is -0.326 e. The van der Waals surface area contributed by atoms with Crippen LogP contribution >= 0.6 is 0 Å². The number of hydrogen-bond acceptors (Lipinski definition) is 3. The fourth-order valence-electron chi connectivity index (χ4n) is 3.72. The largest absolute Gasteiger partial charge is 0.326 e. The molecule has 1 N–H and O–H groups in total. The number of imide groups is 1. The SMILES string of the molecule is CC(C)N1C(=O)[C@H]2[C@@H](C(=O)Nc3ccccc3)[C@H](C)C=C[C@@H]2C1=O. The number of para-hydroxylation sites is 1. The summed E-state index contributed by atoms with van der Waals surface area (Å²) in [5.41, 5.74) is 0.693. The van der Waals surface area contributed by atoms with Crippen LogP contribution in [0.2, 0.25) is 0 Å². The lowest BCUT2D eigenvalue weighted by molar-refractivity contribution is -0.143. The predicted molar refractivity (Wildman–Crippen MR) is 90.8 cm³/mol. The van der Waals surface area contributed by atoms with Gasteiger partial charge in [-0.15, -0.1) is 0 Å². The first kappa shape index (κ1) is 16.4. The van der Waals surface area contributed by atoms with Crippen LogP contribution in [0.5, 0.6) is 0 Å². The van der Waals surface area contributed by atoms with E-state index in [0.717, 1.165) is 0 Å². The number of amides is 3. The van der Waals surface area contributed by atoms with Crippen LogP contribution in [0.25, 0.3) is 0 Å². The van der Waals surface area contributed by atoms with Gasteiger partial charge in [0.15, 0.2) is 0 Å². The van der Waals surface area contributed by atoms with Gasteiger partial charge in [-0.3, -0.25) is 19.3 Å². The van der Waals surface area contributed by atoms with Crippen molar-refractivity contribution in [3.63, 3.8) is 0 Å². The van der Waals surface area contributed by atoms with E-state index in [-0.39, 0.29) is 29.7 Å². The highest BCUT2D eigenvalue weighted by Crippen LogP contribution is 2.42. The van der Waals surface area contributed by atoms with Gasteiger partial charge >= 0.3 is 0 Å². The predicted octanol–water partition coefficient (Wildman–Crippen LogP) is 2.46. The summed E-state index contributed by atoms with van der Waals surface area (Å²) < 4.78 is 0. The molecule has 0 radical (unpaired) electrons. The number of likely N-dealkylation sites (tertiary alicyclic amines) is 1. The molecule has 3 rings (SSSR count). The standard InChI is InChI=1S/C19H22N2O3/c1-11(2)21-18(23)14-10-9-12(3)15(16(14)19(21)24)17(22)20-13-7-5-4-6-8-13/h4-12,14-16H,1-3H3,(H,20,22)/t12-,14+,15+,16-/m1/s1. The zero-order chi connectivity index (χ0) is 17.4. The van der Waals surface area contributed by atoms with Crippen LogP contribution in [0.4, 0.5) is 5.69 Å². The van der Waals surface area contributed by atoms with Crippen molar-refractivity contribution in [3.05, 3.63) is 42.5 Å². The Morgan fingerprint density at radius 1 is 1.08 bits per heavy atom. The lowest BCUT2D eigenvalue weighted by atomic mass is 9.71. The number of carbonyl (C=O) groups excluding carboxylic acids is 3. The molecular weight excluding hydrogens is 304 g/mol. The van der Waals surface area contributed by atoms with Gasteiger partial charge in [-0.1, -0.05) is 37.3 Å². The van der Waals surface area contributed by atoms with E-state index in [1.54, 1.807) is 18.2 Å². The summed E-state index contributed by atoms with van der Waals surface area (Å²) in [5, 5.41) is 2.88. The van der Waals surface area contributed by atoms with Crippen molar-refractivity contribution in [3.8, 4) is 0 Å². The van der Waals surface area contributed by atoms with Gasteiger partial charge in [0.2, 0.25) is 17.7 Å². The first-order valence-electron chi connectivity index (χ1n) is 8.33. The average molecular weight is 326 g/mol. The van der Waals surface area contributed by atoms with E-state index in [9.17, 15) is 14.4 Å². The second-order valence-electron chi connectivity index (χ2n) is 6.82. The molecule has 5 heteroatoms. The molecular formula is C19H22N2O3. The van der Waals surface area contributed by atoms with E-state index in [0.29, 0.717) is 5.69 Å². The summed E-state index contributed by atoms with van der Waals surface area (Å²) in [7, 11) is 0. The summed E-state index contributed by atoms with van der Waals surface area (Å²) in [6.45, 7) is 5.55. The molecule has 1 heterocycles. The topological polar surface area (TPSA) is 66.5 Å². The van der Waals surface area contributed by atoms with Crippen LogP contribution in [0.3, 0.4) is 0 Å². The third kappa shape index (κ3) is 2.64. The highest BCUT2D eigenvalue weighted by atomic mass is 16.2. The summed E-state index contributed by atoms with van der Waals surface area (Å²) in [6.07, 6.45) is 3.68. The number of rotatable bonds is 3. The molecule has 1 saturated heterocycles. The maximum Gasteiger partial charge on any atom is 0.237 e. The summed E-state index contributed by atoms with van der Waals surface area (Å²) in [5.74, 6) is -2.41. The Balaban J connectivity index is 1.90. The minimum absolute atomic E-state index is 0.0983. The Morgan fingerprint density at radius 3 is 2.38 bits per heavy atom. The van der Waals surface area contributed by atoms with Gasteiger partial charge < -0.3 is 5.32 Å². The maximum absolute atomic E-state index is 12.8. The van der Waals surface area contributed by atoms with Gasteiger partial charge in [-0.25, -0.2) is 0 Å². The highest BCUT2D eigenvalue weighted by Gasteiger charge is 2.54. The molecule has 0 aromatic heterocycles. The quantitative estimate of drug-likeness (QED) is 0.685. The molecule has 4 atom stereocenters. The van der Waals surface area contributed by atoms with Gasteiger partial charge in [0.25, 0.3) is 0 Å². The van der Waals surface area contributed by atoms with Crippen LogP contribution in [-0.2, 0) is 14.4 Å². The first-order valence-corrected chi connectivity index (χ1v) is 8.33. The molecule has 3 amide bonds. The molecule has 1 aromatic rings. The number of nitrogens with one attached hydrogen (secondary N) is 1. The number of nitrogens with zero attached hydrogens (tertiary/aromatic N) is 1. The second-order valence-corrected chi connectivity index (χ2v) is 6.82.